The molecule has 2 aromatic rings. The van der Waals surface area contributed by atoms with E-state index in [9.17, 15) is 14.9 Å². The fourth-order valence-corrected chi connectivity index (χ4v) is 1.91. The summed E-state index contributed by atoms with van der Waals surface area (Å²) in [6.45, 7) is 0. The molecule has 0 aromatic heterocycles. The van der Waals surface area contributed by atoms with Crippen molar-refractivity contribution in [2.45, 2.75) is 0 Å². The van der Waals surface area contributed by atoms with Crippen LogP contribution in [0.2, 0.25) is 5.02 Å². The van der Waals surface area contributed by atoms with Gasteiger partial charge >= 0.3 is 6.03 Å². The van der Waals surface area contributed by atoms with Crippen LogP contribution in [0.25, 0.3) is 0 Å². The maximum absolute atomic E-state index is 12.0. The standard InChI is InChI=1S/C14H12ClN3O4/c1-22-13-5-3-2-4-11(13)16-14(19)17-12-8-9(18(20)21)6-7-10(12)15/h2-8H,1H3,(H2,16,17,19). The number of halogens is 1. The molecule has 0 bridgehead atoms. The van der Waals surface area contributed by atoms with E-state index in [4.69, 9.17) is 16.3 Å². The summed E-state index contributed by atoms with van der Waals surface area (Å²) in [5.74, 6) is 0.489. The number of ether oxygens (including phenoxy) is 1. The van der Waals surface area contributed by atoms with Gasteiger partial charge in [-0.15, -0.1) is 0 Å². The van der Waals surface area contributed by atoms with Crippen LogP contribution < -0.4 is 15.4 Å². The number of benzene rings is 2. The molecule has 2 N–H and O–H groups in total. The third kappa shape index (κ3) is 3.64. The molecule has 22 heavy (non-hydrogen) atoms. The first-order chi connectivity index (χ1) is 10.5. The van der Waals surface area contributed by atoms with Gasteiger partial charge in [0.15, 0.2) is 0 Å². The summed E-state index contributed by atoms with van der Waals surface area (Å²) in [6, 6.07) is 10.0. The van der Waals surface area contributed by atoms with Gasteiger partial charge in [-0.05, 0) is 18.2 Å². The van der Waals surface area contributed by atoms with E-state index in [1.807, 2.05) is 0 Å². The van der Waals surface area contributed by atoms with Crippen LogP contribution in [0, 0.1) is 10.1 Å². The lowest BCUT2D eigenvalue weighted by Crippen LogP contribution is -2.20. The average Bonchev–Trinajstić information content (AvgIpc) is 2.49. The summed E-state index contributed by atoms with van der Waals surface area (Å²) in [5.41, 5.74) is 0.435. The number of para-hydroxylation sites is 2. The molecular weight excluding hydrogens is 310 g/mol. The van der Waals surface area contributed by atoms with Crippen LogP contribution in [0.5, 0.6) is 5.75 Å². The first kappa shape index (κ1) is 15.6. The lowest BCUT2D eigenvalue weighted by Gasteiger charge is -2.11. The van der Waals surface area contributed by atoms with Crippen LogP contribution in [-0.2, 0) is 0 Å². The molecule has 0 aliphatic rings. The van der Waals surface area contributed by atoms with Gasteiger partial charge in [0.25, 0.3) is 5.69 Å². The summed E-state index contributed by atoms with van der Waals surface area (Å²) in [6.07, 6.45) is 0. The summed E-state index contributed by atoms with van der Waals surface area (Å²) >= 11 is 5.92. The number of nitrogens with zero attached hydrogens (tertiary/aromatic N) is 1. The van der Waals surface area contributed by atoms with Crippen molar-refractivity contribution < 1.29 is 14.5 Å². The second-order valence-electron chi connectivity index (χ2n) is 4.20. The number of carbonyl (C=O) groups is 1. The molecule has 0 unspecified atom stereocenters. The van der Waals surface area contributed by atoms with Crippen molar-refractivity contribution in [3.05, 3.63) is 57.6 Å². The first-order valence-electron chi connectivity index (χ1n) is 6.16. The lowest BCUT2D eigenvalue weighted by molar-refractivity contribution is -0.384. The summed E-state index contributed by atoms with van der Waals surface area (Å²) < 4.78 is 5.11. The van der Waals surface area contributed by atoms with Crippen molar-refractivity contribution in [2.24, 2.45) is 0 Å². The molecule has 0 aliphatic heterocycles. The van der Waals surface area contributed by atoms with Crippen molar-refractivity contribution in [2.75, 3.05) is 17.7 Å². The zero-order valence-electron chi connectivity index (χ0n) is 11.5. The molecule has 0 saturated carbocycles. The number of carbonyl (C=O) groups excluding carboxylic acids is 1. The number of nitrogens with one attached hydrogen (secondary N) is 2. The monoisotopic (exact) mass is 321 g/mol. The van der Waals surface area contributed by atoms with Crippen LogP contribution in [0.1, 0.15) is 0 Å². The number of nitro benzene ring substituents is 1. The van der Waals surface area contributed by atoms with Crippen LogP contribution in [0.15, 0.2) is 42.5 Å². The number of hydrogen-bond acceptors (Lipinski definition) is 4. The number of hydrogen-bond donors (Lipinski definition) is 2. The van der Waals surface area contributed by atoms with E-state index < -0.39 is 11.0 Å². The van der Waals surface area contributed by atoms with Gasteiger partial charge < -0.3 is 15.4 Å². The highest BCUT2D eigenvalue weighted by atomic mass is 35.5. The van der Waals surface area contributed by atoms with Gasteiger partial charge in [0, 0.05) is 12.1 Å². The summed E-state index contributed by atoms with van der Waals surface area (Å²) in [7, 11) is 1.48. The Labute approximate surface area is 131 Å². The molecule has 0 fully saturated rings. The summed E-state index contributed by atoms with van der Waals surface area (Å²) in [4.78, 5) is 22.1. The Morgan fingerprint density at radius 2 is 1.86 bits per heavy atom. The van der Waals surface area contributed by atoms with E-state index in [2.05, 4.69) is 10.6 Å². The van der Waals surface area contributed by atoms with Gasteiger partial charge in [-0.1, -0.05) is 23.7 Å². The highest BCUT2D eigenvalue weighted by Crippen LogP contribution is 2.27. The average molecular weight is 322 g/mol. The maximum atomic E-state index is 12.0. The van der Waals surface area contributed by atoms with E-state index in [1.54, 1.807) is 24.3 Å². The highest BCUT2D eigenvalue weighted by Gasteiger charge is 2.13. The second kappa shape index (κ2) is 6.77. The van der Waals surface area contributed by atoms with E-state index in [0.29, 0.717) is 11.4 Å². The lowest BCUT2D eigenvalue weighted by atomic mass is 10.2. The van der Waals surface area contributed by atoms with Gasteiger partial charge in [-0.2, -0.15) is 0 Å². The van der Waals surface area contributed by atoms with Crippen LogP contribution in [-0.4, -0.2) is 18.1 Å². The molecule has 8 heteroatoms. The number of urea groups is 1. The van der Waals surface area contributed by atoms with Gasteiger partial charge in [-0.25, -0.2) is 4.79 Å². The van der Waals surface area contributed by atoms with Crippen molar-refractivity contribution in [1.82, 2.24) is 0 Å². The predicted octanol–water partition coefficient (Wildman–Crippen LogP) is 3.90. The molecule has 114 valence electrons. The second-order valence-corrected chi connectivity index (χ2v) is 4.61. The number of rotatable bonds is 4. The van der Waals surface area contributed by atoms with Crippen LogP contribution in [0.4, 0.5) is 21.9 Å². The Balaban J connectivity index is 2.15. The van der Waals surface area contributed by atoms with E-state index >= 15 is 0 Å². The zero-order chi connectivity index (χ0) is 16.1. The fourth-order valence-electron chi connectivity index (χ4n) is 1.75. The minimum atomic E-state index is -0.591. The molecule has 2 aromatic carbocycles. The molecule has 0 aliphatic carbocycles. The molecule has 0 radical (unpaired) electrons. The summed E-state index contributed by atoms with van der Waals surface area (Å²) in [5, 5.41) is 16.0. The smallest absolute Gasteiger partial charge is 0.323 e. The normalized spacial score (nSPS) is 9.91. The number of non-ortho nitro benzene ring substituents is 1. The minimum absolute atomic E-state index is 0.142. The Kier molecular flexibility index (Phi) is 4.80. The SMILES string of the molecule is COc1ccccc1NC(=O)Nc1cc([N+](=O)[O-])ccc1Cl. The van der Waals surface area contributed by atoms with E-state index in [0.717, 1.165) is 0 Å². The van der Waals surface area contributed by atoms with Gasteiger partial charge in [0.1, 0.15) is 5.75 Å². The Morgan fingerprint density at radius 1 is 1.18 bits per heavy atom. The van der Waals surface area contributed by atoms with Crippen molar-refractivity contribution in [3.63, 3.8) is 0 Å². The van der Waals surface area contributed by atoms with E-state index in [-0.39, 0.29) is 16.4 Å². The molecule has 0 atom stereocenters. The Morgan fingerprint density at radius 3 is 2.55 bits per heavy atom. The largest absolute Gasteiger partial charge is 0.495 e. The zero-order valence-corrected chi connectivity index (χ0v) is 12.3. The number of anilines is 2. The highest BCUT2D eigenvalue weighted by molar-refractivity contribution is 6.33. The molecule has 0 heterocycles. The van der Waals surface area contributed by atoms with Crippen LogP contribution in [0.3, 0.4) is 0 Å². The molecule has 7 nitrogen and oxygen atoms in total. The van der Waals surface area contributed by atoms with Crippen molar-refractivity contribution in [1.29, 1.82) is 0 Å². The quantitative estimate of drug-likeness (QED) is 0.659. The van der Waals surface area contributed by atoms with Gasteiger partial charge in [0.2, 0.25) is 0 Å². The van der Waals surface area contributed by atoms with Gasteiger partial charge in [0.05, 0.1) is 28.4 Å². The number of methoxy groups -OCH3 is 1. The molecule has 2 amide bonds. The molecule has 0 saturated heterocycles. The van der Waals surface area contributed by atoms with Crippen molar-refractivity contribution >= 4 is 34.7 Å². The number of amides is 2. The first-order valence-corrected chi connectivity index (χ1v) is 6.54. The van der Waals surface area contributed by atoms with Crippen molar-refractivity contribution in [3.8, 4) is 5.75 Å². The third-order valence-corrected chi connectivity index (χ3v) is 3.09. The molecule has 2 rings (SSSR count). The van der Waals surface area contributed by atoms with Gasteiger partial charge in [-0.3, -0.25) is 10.1 Å². The molecular formula is C14H12ClN3O4. The topological polar surface area (TPSA) is 93.5 Å². The molecule has 0 spiro atoms. The Bertz CT molecular complexity index is 721. The van der Waals surface area contributed by atoms with E-state index in [1.165, 1.54) is 25.3 Å². The third-order valence-electron chi connectivity index (χ3n) is 2.76. The fraction of sp³-hybridized carbons (Fsp3) is 0.0714. The minimum Gasteiger partial charge on any atom is -0.495 e. The Hall–Kier alpha value is -2.80. The van der Waals surface area contributed by atoms with Crippen LogP contribution >= 0.6 is 11.6 Å². The predicted molar refractivity (Wildman–Crippen MR) is 83.7 cm³/mol. The number of nitro groups is 1. The maximum Gasteiger partial charge on any atom is 0.323 e.